The number of nitrogens with zero attached hydrogens (tertiary/aromatic N) is 2. The number of oxazole rings is 1. The fraction of sp³-hybridized carbons (Fsp3) is 0.333. The van der Waals surface area contributed by atoms with Crippen molar-refractivity contribution in [2.75, 3.05) is 18.8 Å². The Labute approximate surface area is 148 Å². The fourth-order valence-electron chi connectivity index (χ4n) is 3.12. The lowest BCUT2D eigenvalue weighted by Crippen LogP contribution is -2.37. The lowest BCUT2D eigenvalue weighted by Gasteiger charge is -2.20. The molecule has 1 aromatic carbocycles. The van der Waals surface area contributed by atoms with Crippen LogP contribution in [0.3, 0.4) is 0 Å². The number of amides is 1. The highest BCUT2D eigenvalue weighted by molar-refractivity contribution is 7.99. The van der Waals surface area contributed by atoms with Crippen LogP contribution in [0.25, 0.3) is 11.1 Å². The Morgan fingerprint density at radius 3 is 2.92 bits per heavy atom. The standard InChI is InChI=1S/C18H18N2O4S/c21-17(12-20-13-4-1-2-5-14(13)24-18(20)22)19-8-7-16(25-11-9-19)15-6-3-10-23-15/h1-6,10,16H,7-9,11-12H2/t16-/m0/s1. The van der Waals surface area contributed by atoms with Gasteiger partial charge in [0.2, 0.25) is 5.91 Å². The van der Waals surface area contributed by atoms with Gasteiger partial charge in [-0.05, 0) is 30.7 Å². The van der Waals surface area contributed by atoms with Gasteiger partial charge in [0.1, 0.15) is 12.3 Å². The number of hydrogen-bond acceptors (Lipinski definition) is 5. The van der Waals surface area contributed by atoms with E-state index in [0.29, 0.717) is 24.2 Å². The van der Waals surface area contributed by atoms with Gasteiger partial charge >= 0.3 is 5.76 Å². The topological polar surface area (TPSA) is 68.6 Å². The Hall–Kier alpha value is -2.41. The second-order valence-electron chi connectivity index (χ2n) is 5.97. The van der Waals surface area contributed by atoms with E-state index in [-0.39, 0.29) is 17.7 Å². The SMILES string of the molecule is O=C(Cn1c(=O)oc2ccccc21)N1CCS[C@H](c2ccco2)CC1. The van der Waals surface area contributed by atoms with E-state index in [9.17, 15) is 9.59 Å². The van der Waals surface area contributed by atoms with E-state index in [1.165, 1.54) is 4.57 Å². The third kappa shape index (κ3) is 3.24. The molecule has 1 amide bonds. The number of rotatable bonds is 3. The highest BCUT2D eigenvalue weighted by Gasteiger charge is 2.24. The normalized spacial score (nSPS) is 18.4. The minimum atomic E-state index is -0.493. The second kappa shape index (κ2) is 6.84. The van der Waals surface area contributed by atoms with Crippen molar-refractivity contribution in [3.05, 3.63) is 59.0 Å². The number of fused-ring (bicyclic) bond motifs is 1. The van der Waals surface area contributed by atoms with E-state index in [4.69, 9.17) is 8.83 Å². The number of carbonyl (C=O) groups is 1. The molecule has 1 aliphatic rings. The Morgan fingerprint density at radius 2 is 2.08 bits per heavy atom. The first-order valence-electron chi connectivity index (χ1n) is 8.23. The van der Waals surface area contributed by atoms with Crippen molar-refractivity contribution >= 4 is 28.8 Å². The molecule has 1 saturated heterocycles. The van der Waals surface area contributed by atoms with Crippen LogP contribution in [0.4, 0.5) is 0 Å². The summed E-state index contributed by atoms with van der Waals surface area (Å²) in [4.78, 5) is 26.6. The van der Waals surface area contributed by atoms with E-state index >= 15 is 0 Å². The first-order valence-corrected chi connectivity index (χ1v) is 9.28. The van der Waals surface area contributed by atoms with Crippen molar-refractivity contribution in [1.82, 2.24) is 9.47 Å². The van der Waals surface area contributed by atoms with Crippen LogP contribution in [0, 0.1) is 0 Å². The molecule has 0 aliphatic carbocycles. The van der Waals surface area contributed by atoms with Crippen molar-refractivity contribution in [2.24, 2.45) is 0 Å². The van der Waals surface area contributed by atoms with Gasteiger partial charge in [0, 0.05) is 18.8 Å². The van der Waals surface area contributed by atoms with Crippen LogP contribution < -0.4 is 5.76 Å². The highest BCUT2D eigenvalue weighted by Crippen LogP contribution is 2.34. The molecule has 0 unspecified atom stereocenters. The average Bonchev–Trinajstić information content (AvgIpc) is 3.17. The maximum Gasteiger partial charge on any atom is 0.420 e. The summed E-state index contributed by atoms with van der Waals surface area (Å²) in [6, 6.07) is 11.0. The number of para-hydroxylation sites is 2. The minimum absolute atomic E-state index is 0.00588. The summed E-state index contributed by atoms with van der Waals surface area (Å²) in [5.74, 6) is 1.25. The van der Waals surface area contributed by atoms with Gasteiger partial charge in [0.25, 0.3) is 0 Å². The van der Waals surface area contributed by atoms with E-state index in [1.54, 1.807) is 36.2 Å². The zero-order valence-electron chi connectivity index (χ0n) is 13.6. The van der Waals surface area contributed by atoms with Crippen LogP contribution in [0.5, 0.6) is 0 Å². The van der Waals surface area contributed by atoms with Gasteiger partial charge in [0.05, 0.1) is 17.0 Å². The van der Waals surface area contributed by atoms with Crippen LogP contribution in [0.1, 0.15) is 17.4 Å². The fourth-order valence-corrected chi connectivity index (χ4v) is 4.30. The van der Waals surface area contributed by atoms with Crippen molar-refractivity contribution in [3.63, 3.8) is 0 Å². The predicted molar refractivity (Wildman–Crippen MR) is 95.6 cm³/mol. The first kappa shape index (κ1) is 16.1. The molecule has 0 saturated carbocycles. The summed E-state index contributed by atoms with van der Waals surface area (Å²) < 4.78 is 12.1. The second-order valence-corrected chi connectivity index (χ2v) is 7.28. The molecule has 6 nitrogen and oxygen atoms in total. The molecule has 0 radical (unpaired) electrons. The van der Waals surface area contributed by atoms with E-state index in [2.05, 4.69) is 0 Å². The Bertz CT molecular complexity index is 928. The molecule has 2 aromatic heterocycles. The highest BCUT2D eigenvalue weighted by atomic mass is 32.2. The van der Waals surface area contributed by atoms with Crippen LogP contribution in [0.2, 0.25) is 0 Å². The van der Waals surface area contributed by atoms with Crippen molar-refractivity contribution in [3.8, 4) is 0 Å². The summed E-state index contributed by atoms with van der Waals surface area (Å²) in [5, 5.41) is 0.269. The molecule has 130 valence electrons. The number of thioether (sulfide) groups is 1. The van der Waals surface area contributed by atoms with Crippen LogP contribution >= 0.6 is 11.8 Å². The molecule has 1 aliphatic heterocycles. The number of furan rings is 1. The van der Waals surface area contributed by atoms with Crippen molar-refractivity contribution in [1.29, 1.82) is 0 Å². The molecule has 1 atom stereocenters. The van der Waals surface area contributed by atoms with Crippen LogP contribution in [-0.4, -0.2) is 34.2 Å². The molecule has 3 aromatic rings. The number of hydrogen-bond donors (Lipinski definition) is 0. The van der Waals surface area contributed by atoms with E-state index < -0.39 is 5.76 Å². The summed E-state index contributed by atoms with van der Waals surface area (Å²) >= 11 is 1.80. The predicted octanol–water partition coefficient (Wildman–Crippen LogP) is 2.89. The Kier molecular flexibility index (Phi) is 4.40. The molecule has 4 rings (SSSR count). The average molecular weight is 358 g/mol. The molecule has 0 bridgehead atoms. The molecule has 25 heavy (non-hydrogen) atoms. The number of aromatic nitrogens is 1. The van der Waals surface area contributed by atoms with Gasteiger partial charge in [0.15, 0.2) is 5.58 Å². The Morgan fingerprint density at radius 1 is 1.20 bits per heavy atom. The first-order chi connectivity index (χ1) is 12.2. The molecular weight excluding hydrogens is 340 g/mol. The lowest BCUT2D eigenvalue weighted by atomic mass is 10.2. The van der Waals surface area contributed by atoms with Crippen LogP contribution in [-0.2, 0) is 11.3 Å². The molecule has 1 fully saturated rings. The zero-order chi connectivity index (χ0) is 17.2. The van der Waals surface area contributed by atoms with Crippen LogP contribution in [0.15, 0.2) is 56.3 Å². The summed E-state index contributed by atoms with van der Waals surface area (Å²) in [5.41, 5.74) is 1.16. The maximum atomic E-state index is 12.7. The van der Waals surface area contributed by atoms with Crippen molar-refractivity contribution in [2.45, 2.75) is 18.2 Å². The van der Waals surface area contributed by atoms with Gasteiger partial charge in [-0.1, -0.05) is 12.1 Å². The molecular formula is C18H18N2O4S. The largest absolute Gasteiger partial charge is 0.468 e. The van der Waals surface area contributed by atoms with Crippen molar-refractivity contribution < 1.29 is 13.6 Å². The zero-order valence-corrected chi connectivity index (χ0v) is 14.4. The Balaban J connectivity index is 1.47. The van der Waals surface area contributed by atoms with E-state index in [1.807, 2.05) is 23.1 Å². The molecule has 0 spiro atoms. The maximum absolute atomic E-state index is 12.7. The quantitative estimate of drug-likeness (QED) is 0.720. The third-order valence-electron chi connectivity index (χ3n) is 4.42. The van der Waals surface area contributed by atoms with Gasteiger partial charge in [-0.3, -0.25) is 9.36 Å². The summed E-state index contributed by atoms with van der Waals surface area (Å²) in [6.45, 7) is 1.33. The van der Waals surface area contributed by atoms with E-state index in [0.717, 1.165) is 17.9 Å². The number of carbonyl (C=O) groups excluding carboxylic acids is 1. The smallest absolute Gasteiger partial charge is 0.420 e. The summed E-state index contributed by atoms with van der Waals surface area (Å²) in [7, 11) is 0. The number of benzene rings is 1. The monoisotopic (exact) mass is 358 g/mol. The van der Waals surface area contributed by atoms with Gasteiger partial charge < -0.3 is 13.7 Å². The minimum Gasteiger partial charge on any atom is -0.468 e. The van der Waals surface area contributed by atoms with Gasteiger partial charge in [-0.15, -0.1) is 11.8 Å². The lowest BCUT2D eigenvalue weighted by molar-refractivity contribution is -0.131. The third-order valence-corrected chi connectivity index (χ3v) is 5.71. The molecule has 7 heteroatoms. The van der Waals surface area contributed by atoms with Gasteiger partial charge in [-0.2, -0.15) is 0 Å². The molecule has 0 N–H and O–H groups in total. The van der Waals surface area contributed by atoms with Gasteiger partial charge in [-0.25, -0.2) is 4.79 Å². The molecule has 3 heterocycles. The summed E-state index contributed by atoms with van der Waals surface area (Å²) in [6.07, 6.45) is 2.52.